The van der Waals surface area contributed by atoms with Crippen LogP contribution in [0.1, 0.15) is 25.7 Å². The quantitative estimate of drug-likeness (QED) is 0.713. The van der Waals surface area contributed by atoms with Crippen molar-refractivity contribution in [3.05, 3.63) is 24.5 Å². The minimum absolute atomic E-state index is 0.151. The molecule has 1 spiro atoms. The molecule has 29 heavy (non-hydrogen) atoms. The standard InChI is InChI=1S/C19H24N4O5S/c24-17(14-3-4-14)21-8-5-19(6-9-21)16-13-22(10-11-23(16)18(25)28-19)29(26,27)15-2-1-7-20-12-15/h1-2,7,12,14,16H,3-6,8-11,13H2. The van der Waals surface area contributed by atoms with E-state index in [-0.39, 0.29) is 41.9 Å². The van der Waals surface area contributed by atoms with Crippen molar-refractivity contribution in [2.24, 2.45) is 5.92 Å². The smallest absolute Gasteiger partial charge is 0.410 e. The van der Waals surface area contributed by atoms with E-state index >= 15 is 0 Å². The molecule has 0 aromatic carbocycles. The molecule has 4 heterocycles. The Morgan fingerprint density at radius 1 is 1.17 bits per heavy atom. The van der Waals surface area contributed by atoms with Crippen LogP contribution in [0.4, 0.5) is 4.79 Å². The first kappa shape index (κ1) is 18.8. The van der Waals surface area contributed by atoms with Crippen molar-refractivity contribution in [2.45, 2.75) is 42.2 Å². The number of hydrogen-bond donors (Lipinski definition) is 0. The number of nitrogens with zero attached hydrogens (tertiary/aromatic N) is 4. The van der Waals surface area contributed by atoms with Crippen LogP contribution in [0.25, 0.3) is 0 Å². The summed E-state index contributed by atoms with van der Waals surface area (Å²) in [5.74, 6) is 0.368. The fourth-order valence-electron chi connectivity index (χ4n) is 4.72. The number of fused-ring (bicyclic) bond motifs is 2. The summed E-state index contributed by atoms with van der Waals surface area (Å²) in [5.41, 5.74) is -0.736. The number of carbonyl (C=O) groups excluding carboxylic acids is 2. The number of carbonyl (C=O) groups is 2. The molecule has 1 atom stereocenters. The minimum Gasteiger partial charge on any atom is -0.440 e. The Hall–Kier alpha value is -2.20. The van der Waals surface area contributed by atoms with Crippen LogP contribution < -0.4 is 0 Å². The minimum atomic E-state index is -3.69. The third-order valence-electron chi connectivity index (χ3n) is 6.60. The van der Waals surface area contributed by atoms with E-state index in [1.165, 1.54) is 22.8 Å². The van der Waals surface area contributed by atoms with Gasteiger partial charge in [0.1, 0.15) is 10.5 Å². The lowest BCUT2D eigenvalue weighted by Gasteiger charge is -2.44. The van der Waals surface area contributed by atoms with Crippen molar-refractivity contribution in [1.82, 2.24) is 19.1 Å². The van der Waals surface area contributed by atoms with Gasteiger partial charge >= 0.3 is 6.09 Å². The third kappa shape index (κ3) is 3.09. The summed E-state index contributed by atoms with van der Waals surface area (Å²) >= 11 is 0. The molecule has 1 aliphatic carbocycles. The molecule has 1 saturated carbocycles. The van der Waals surface area contributed by atoms with Gasteiger partial charge in [-0.15, -0.1) is 0 Å². The largest absolute Gasteiger partial charge is 0.440 e. The van der Waals surface area contributed by atoms with Crippen molar-refractivity contribution in [2.75, 3.05) is 32.7 Å². The summed E-state index contributed by atoms with van der Waals surface area (Å²) in [6.45, 7) is 1.81. The zero-order valence-corrected chi connectivity index (χ0v) is 16.9. The van der Waals surface area contributed by atoms with Crippen LogP contribution >= 0.6 is 0 Å². The molecule has 2 amide bonds. The number of piperazine rings is 1. The van der Waals surface area contributed by atoms with E-state index in [0.717, 1.165) is 12.8 Å². The zero-order chi connectivity index (χ0) is 20.2. The summed E-state index contributed by atoms with van der Waals surface area (Å²) in [6.07, 6.45) is 5.51. The van der Waals surface area contributed by atoms with Gasteiger partial charge in [-0.25, -0.2) is 13.2 Å². The van der Waals surface area contributed by atoms with Gasteiger partial charge in [0.15, 0.2) is 0 Å². The van der Waals surface area contributed by atoms with E-state index in [1.807, 2.05) is 4.90 Å². The van der Waals surface area contributed by atoms with Crippen molar-refractivity contribution in [1.29, 1.82) is 0 Å². The predicted molar refractivity (Wildman–Crippen MR) is 101 cm³/mol. The summed E-state index contributed by atoms with van der Waals surface area (Å²) in [5, 5.41) is 0. The summed E-state index contributed by atoms with van der Waals surface area (Å²) < 4.78 is 33.3. The molecule has 5 rings (SSSR count). The molecule has 0 radical (unpaired) electrons. The number of ether oxygens (including phenoxy) is 1. The molecular weight excluding hydrogens is 396 g/mol. The highest BCUT2D eigenvalue weighted by Crippen LogP contribution is 2.42. The van der Waals surface area contributed by atoms with Gasteiger partial charge in [-0.1, -0.05) is 0 Å². The second-order valence-electron chi connectivity index (χ2n) is 8.29. The normalized spacial score (nSPS) is 27.0. The van der Waals surface area contributed by atoms with Gasteiger partial charge in [-0.2, -0.15) is 4.31 Å². The Balaban J connectivity index is 1.35. The molecule has 0 N–H and O–H groups in total. The lowest BCUT2D eigenvalue weighted by Crippen LogP contribution is -2.61. The van der Waals surface area contributed by atoms with E-state index in [9.17, 15) is 18.0 Å². The third-order valence-corrected chi connectivity index (χ3v) is 8.44. The summed E-state index contributed by atoms with van der Waals surface area (Å²) in [4.78, 5) is 32.5. The topological polar surface area (TPSA) is 100 Å². The van der Waals surface area contributed by atoms with Crippen LogP contribution in [0, 0.1) is 5.92 Å². The van der Waals surface area contributed by atoms with E-state index in [1.54, 1.807) is 11.0 Å². The molecule has 3 aliphatic heterocycles. The highest BCUT2D eigenvalue weighted by molar-refractivity contribution is 7.89. The first-order valence-corrected chi connectivity index (χ1v) is 11.5. The monoisotopic (exact) mass is 420 g/mol. The van der Waals surface area contributed by atoms with E-state index in [2.05, 4.69) is 4.98 Å². The van der Waals surface area contributed by atoms with Crippen molar-refractivity contribution in [3.8, 4) is 0 Å². The fraction of sp³-hybridized carbons (Fsp3) is 0.632. The van der Waals surface area contributed by atoms with Crippen molar-refractivity contribution in [3.63, 3.8) is 0 Å². The highest BCUT2D eigenvalue weighted by Gasteiger charge is 2.58. The average Bonchev–Trinajstić information content (AvgIpc) is 3.56. The maximum Gasteiger partial charge on any atom is 0.410 e. The number of likely N-dealkylation sites (tertiary alicyclic amines) is 1. The SMILES string of the molecule is O=C(C1CC1)N1CCC2(CC1)OC(=O)N1CCN(S(=O)(=O)c3cccnc3)CC12. The molecule has 156 valence electrons. The first-order chi connectivity index (χ1) is 13.9. The van der Waals surface area contributed by atoms with E-state index in [4.69, 9.17) is 4.74 Å². The van der Waals surface area contributed by atoms with Crippen LogP contribution in [0.3, 0.4) is 0 Å². The number of piperidine rings is 1. The molecule has 3 saturated heterocycles. The molecule has 10 heteroatoms. The number of sulfonamides is 1. The Morgan fingerprint density at radius 2 is 1.93 bits per heavy atom. The first-order valence-electron chi connectivity index (χ1n) is 10.1. The van der Waals surface area contributed by atoms with Gasteiger partial charge in [0, 0.05) is 63.9 Å². The maximum absolute atomic E-state index is 13.0. The van der Waals surface area contributed by atoms with Gasteiger partial charge in [0.05, 0.1) is 6.04 Å². The molecule has 1 aromatic rings. The Morgan fingerprint density at radius 3 is 2.59 bits per heavy atom. The molecule has 4 fully saturated rings. The molecular formula is C19H24N4O5S. The van der Waals surface area contributed by atoms with E-state index in [0.29, 0.717) is 32.5 Å². The maximum atomic E-state index is 13.0. The Labute approximate surface area is 169 Å². The molecule has 1 unspecified atom stereocenters. The molecule has 0 bridgehead atoms. The number of rotatable bonds is 3. The van der Waals surface area contributed by atoms with Crippen molar-refractivity contribution >= 4 is 22.0 Å². The second-order valence-corrected chi connectivity index (χ2v) is 10.2. The van der Waals surface area contributed by atoms with Crippen molar-refractivity contribution < 1.29 is 22.7 Å². The number of aromatic nitrogens is 1. The number of amides is 2. The molecule has 1 aromatic heterocycles. The van der Waals surface area contributed by atoms with Gasteiger partial charge in [-0.3, -0.25) is 14.7 Å². The average molecular weight is 420 g/mol. The molecule has 9 nitrogen and oxygen atoms in total. The Kier molecular flexibility index (Phi) is 4.32. The zero-order valence-electron chi connectivity index (χ0n) is 16.1. The lowest BCUT2D eigenvalue weighted by molar-refractivity contribution is -0.136. The van der Waals surface area contributed by atoms with E-state index < -0.39 is 15.6 Å². The van der Waals surface area contributed by atoms with Gasteiger partial charge in [-0.05, 0) is 25.0 Å². The van der Waals surface area contributed by atoms with Gasteiger partial charge < -0.3 is 9.64 Å². The second kappa shape index (κ2) is 6.66. The van der Waals surface area contributed by atoms with Crippen LogP contribution in [-0.2, 0) is 19.6 Å². The fourth-order valence-corrected chi connectivity index (χ4v) is 6.13. The van der Waals surface area contributed by atoms with Gasteiger partial charge in [0.25, 0.3) is 0 Å². The lowest BCUT2D eigenvalue weighted by atomic mass is 9.83. The number of pyridine rings is 1. The highest BCUT2D eigenvalue weighted by atomic mass is 32.2. The molecule has 4 aliphatic rings. The van der Waals surface area contributed by atoms with Crippen LogP contribution in [0.2, 0.25) is 0 Å². The Bertz CT molecular complexity index is 925. The summed E-state index contributed by atoms with van der Waals surface area (Å²) in [6, 6.07) is 2.79. The summed E-state index contributed by atoms with van der Waals surface area (Å²) in [7, 11) is -3.69. The predicted octanol–water partition coefficient (Wildman–Crippen LogP) is 0.678. The van der Waals surface area contributed by atoms with Crippen LogP contribution in [0.5, 0.6) is 0 Å². The number of hydrogen-bond acceptors (Lipinski definition) is 6. The van der Waals surface area contributed by atoms with Gasteiger partial charge in [0.2, 0.25) is 15.9 Å². The van der Waals surface area contributed by atoms with Crippen LogP contribution in [0.15, 0.2) is 29.4 Å². The van der Waals surface area contributed by atoms with Crippen LogP contribution in [-0.4, -0.2) is 83.9 Å².